The summed E-state index contributed by atoms with van der Waals surface area (Å²) >= 11 is 0. The van der Waals surface area contributed by atoms with Crippen molar-refractivity contribution in [2.75, 3.05) is 0 Å². The second kappa shape index (κ2) is 6.96. The number of carbonyl (C=O) groups is 1. The predicted octanol–water partition coefficient (Wildman–Crippen LogP) is 6.28. The summed E-state index contributed by atoms with van der Waals surface area (Å²) in [6.07, 6.45) is 3.73. The summed E-state index contributed by atoms with van der Waals surface area (Å²) in [5.41, 5.74) is 5.06. The Labute approximate surface area is 157 Å². The van der Waals surface area contributed by atoms with Crippen molar-refractivity contribution in [1.82, 2.24) is 0 Å². The minimum Gasteiger partial charge on any atom is -0.478 e. The number of carboxylic acid groups (broad SMARTS) is 1. The van der Waals surface area contributed by atoms with Crippen molar-refractivity contribution in [3.05, 3.63) is 95.1 Å². The predicted molar refractivity (Wildman–Crippen MR) is 109 cm³/mol. The lowest BCUT2D eigenvalue weighted by Gasteiger charge is -2.01. The topological polar surface area (TPSA) is 50.4 Å². The third kappa shape index (κ3) is 3.53. The molecular formula is C24H18O3. The molecule has 4 aromatic rings. The van der Waals surface area contributed by atoms with Crippen molar-refractivity contribution in [2.45, 2.75) is 6.92 Å². The highest BCUT2D eigenvalue weighted by atomic mass is 16.4. The highest BCUT2D eigenvalue weighted by Gasteiger charge is 2.07. The van der Waals surface area contributed by atoms with E-state index in [9.17, 15) is 9.90 Å². The molecule has 0 aliphatic rings. The van der Waals surface area contributed by atoms with Gasteiger partial charge in [-0.2, -0.15) is 0 Å². The van der Waals surface area contributed by atoms with Crippen LogP contribution in [0.4, 0.5) is 0 Å². The van der Waals surface area contributed by atoms with Crippen LogP contribution in [0.15, 0.2) is 77.2 Å². The Kier molecular flexibility index (Phi) is 4.35. The van der Waals surface area contributed by atoms with E-state index >= 15 is 0 Å². The lowest BCUT2D eigenvalue weighted by atomic mass is 10.0. The molecule has 0 spiro atoms. The maximum atomic E-state index is 11.3. The van der Waals surface area contributed by atoms with Crippen molar-refractivity contribution < 1.29 is 14.3 Å². The second-order valence-electron chi connectivity index (χ2n) is 6.50. The highest BCUT2D eigenvalue weighted by Crippen LogP contribution is 2.28. The lowest BCUT2D eigenvalue weighted by molar-refractivity contribution is 0.0696. The van der Waals surface area contributed by atoms with Gasteiger partial charge >= 0.3 is 5.97 Å². The Morgan fingerprint density at radius 3 is 2.48 bits per heavy atom. The first kappa shape index (κ1) is 16.9. The minimum absolute atomic E-state index is 0.294. The molecule has 0 aliphatic heterocycles. The smallest absolute Gasteiger partial charge is 0.336 e. The van der Waals surface area contributed by atoms with Gasteiger partial charge in [0, 0.05) is 10.9 Å². The Morgan fingerprint density at radius 2 is 1.70 bits per heavy atom. The van der Waals surface area contributed by atoms with Crippen LogP contribution in [-0.2, 0) is 0 Å². The van der Waals surface area contributed by atoms with E-state index < -0.39 is 5.97 Å². The van der Waals surface area contributed by atoms with Crippen LogP contribution in [-0.4, -0.2) is 11.1 Å². The van der Waals surface area contributed by atoms with E-state index in [-0.39, 0.29) is 0 Å². The molecule has 3 nitrogen and oxygen atoms in total. The van der Waals surface area contributed by atoms with Gasteiger partial charge in [-0.25, -0.2) is 4.79 Å². The number of rotatable bonds is 4. The molecule has 1 N–H and O–H groups in total. The summed E-state index contributed by atoms with van der Waals surface area (Å²) < 4.78 is 5.94. The van der Waals surface area contributed by atoms with E-state index in [1.54, 1.807) is 18.2 Å². The normalized spacial score (nSPS) is 11.3. The first-order chi connectivity index (χ1) is 13.1. The molecule has 0 amide bonds. The lowest BCUT2D eigenvalue weighted by Crippen LogP contribution is -1.98. The fraction of sp³-hybridized carbons (Fsp3) is 0.0417. The van der Waals surface area contributed by atoms with Crippen LogP contribution in [0.1, 0.15) is 27.0 Å². The SMILES string of the molecule is Cc1ccc2oc(-c3ccc(C=Cc4ccccc4C(=O)O)cc3)cc2c1. The molecule has 1 aromatic heterocycles. The summed E-state index contributed by atoms with van der Waals surface area (Å²) in [7, 11) is 0. The largest absolute Gasteiger partial charge is 0.478 e. The molecule has 3 heteroatoms. The molecule has 0 saturated heterocycles. The van der Waals surface area contributed by atoms with Gasteiger partial charge in [-0.05, 0) is 42.3 Å². The van der Waals surface area contributed by atoms with Crippen molar-refractivity contribution >= 4 is 29.1 Å². The molecule has 27 heavy (non-hydrogen) atoms. The molecular weight excluding hydrogens is 336 g/mol. The number of fused-ring (bicyclic) bond motifs is 1. The number of aryl methyl sites for hydroxylation is 1. The van der Waals surface area contributed by atoms with E-state index in [2.05, 4.69) is 19.1 Å². The fourth-order valence-corrected chi connectivity index (χ4v) is 3.09. The van der Waals surface area contributed by atoms with Gasteiger partial charge in [0.2, 0.25) is 0 Å². The zero-order valence-corrected chi connectivity index (χ0v) is 14.8. The third-order valence-electron chi connectivity index (χ3n) is 4.51. The Morgan fingerprint density at radius 1 is 0.926 bits per heavy atom. The Balaban J connectivity index is 1.59. The number of furan rings is 1. The number of hydrogen-bond donors (Lipinski definition) is 1. The Hall–Kier alpha value is -3.59. The molecule has 0 bridgehead atoms. The number of carboxylic acids is 1. The summed E-state index contributed by atoms with van der Waals surface area (Å²) in [5, 5.41) is 10.4. The molecule has 1 heterocycles. The van der Waals surface area contributed by atoms with Gasteiger partial charge in [-0.15, -0.1) is 0 Å². The molecule has 3 aromatic carbocycles. The van der Waals surface area contributed by atoms with Gasteiger partial charge in [0.1, 0.15) is 11.3 Å². The van der Waals surface area contributed by atoms with Crippen LogP contribution in [0.3, 0.4) is 0 Å². The Bertz CT molecular complexity index is 1150. The molecule has 0 radical (unpaired) electrons. The van der Waals surface area contributed by atoms with Gasteiger partial charge in [0.25, 0.3) is 0 Å². The maximum absolute atomic E-state index is 11.3. The number of hydrogen-bond acceptors (Lipinski definition) is 2. The summed E-state index contributed by atoms with van der Waals surface area (Å²) in [4.78, 5) is 11.3. The standard InChI is InChI=1S/C24H18O3/c1-16-6-13-22-20(14-16)15-23(27-22)19-11-8-17(9-12-19)7-10-18-4-2-3-5-21(18)24(25)26/h2-15H,1H3,(H,25,26). The zero-order valence-electron chi connectivity index (χ0n) is 14.8. The van der Waals surface area contributed by atoms with Gasteiger partial charge in [-0.3, -0.25) is 0 Å². The first-order valence-electron chi connectivity index (χ1n) is 8.71. The van der Waals surface area contributed by atoms with Crippen LogP contribution < -0.4 is 0 Å². The summed E-state index contributed by atoms with van der Waals surface area (Å²) in [5.74, 6) is -0.0897. The maximum Gasteiger partial charge on any atom is 0.336 e. The van der Waals surface area contributed by atoms with Crippen LogP contribution in [0.2, 0.25) is 0 Å². The fourth-order valence-electron chi connectivity index (χ4n) is 3.09. The molecule has 4 rings (SSSR count). The van der Waals surface area contributed by atoms with E-state index in [0.717, 1.165) is 27.9 Å². The molecule has 0 unspecified atom stereocenters. The highest BCUT2D eigenvalue weighted by molar-refractivity contribution is 5.93. The van der Waals surface area contributed by atoms with Crippen LogP contribution >= 0.6 is 0 Å². The van der Waals surface area contributed by atoms with Crippen LogP contribution in [0.5, 0.6) is 0 Å². The van der Waals surface area contributed by atoms with E-state index in [0.29, 0.717) is 11.1 Å². The third-order valence-corrected chi connectivity index (χ3v) is 4.51. The van der Waals surface area contributed by atoms with E-state index in [1.807, 2.05) is 54.6 Å². The molecule has 0 atom stereocenters. The van der Waals surface area contributed by atoms with Gasteiger partial charge in [0.05, 0.1) is 5.56 Å². The van der Waals surface area contributed by atoms with Crippen molar-refractivity contribution in [3.63, 3.8) is 0 Å². The first-order valence-corrected chi connectivity index (χ1v) is 8.71. The molecule has 0 saturated carbocycles. The van der Waals surface area contributed by atoms with Crippen LogP contribution in [0, 0.1) is 6.92 Å². The van der Waals surface area contributed by atoms with Crippen molar-refractivity contribution in [2.24, 2.45) is 0 Å². The number of aromatic carboxylic acids is 1. The van der Waals surface area contributed by atoms with Gasteiger partial charge in [-0.1, -0.05) is 66.2 Å². The second-order valence-corrected chi connectivity index (χ2v) is 6.50. The molecule has 132 valence electrons. The van der Waals surface area contributed by atoms with E-state index in [1.165, 1.54) is 5.56 Å². The number of benzene rings is 3. The van der Waals surface area contributed by atoms with Crippen LogP contribution in [0.25, 0.3) is 34.4 Å². The average molecular weight is 354 g/mol. The molecule has 0 aliphatic carbocycles. The van der Waals surface area contributed by atoms with Gasteiger partial charge in [0.15, 0.2) is 0 Å². The monoisotopic (exact) mass is 354 g/mol. The van der Waals surface area contributed by atoms with Crippen molar-refractivity contribution in [3.8, 4) is 11.3 Å². The zero-order chi connectivity index (χ0) is 18.8. The molecule has 0 fully saturated rings. The van der Waals surface area contributed by atoms with Crippen molar-refractivity contribution in [1.29, 1.82) is 0 Å². The van der Waals surface area contributed by atoms with Gasteiger partial charge < -0.3 is 9.52 Å². The summed E-state index contributed by atoms with van der Waals surface area (Å²) in [6, 6.07) is 23.2. The quantitative estimate of drug-likeness (QED) is 0.439. The minimum atomic E-state index is -0.925. The summed E-state index contributed by atoms with van der Waals surface area (Å²) in [6.45, 7) is 2.07. The average Bonchev–Trinajstić information content (AvgIpc) is 3.10. The van der Waals surface area contributed by atoms with E-state index in [4.69, 9.17) is 4.42 Å².